The van der Waals surface area contributed by atoms with E-state index in [0.717, 1.165) is 0 Å². The molecular weight excluding hydrogens is 196 g/mol. The Labute approximate surface area is 93.8 Å². The van der Waals surface area contributed by atoms with E-state index in [9.17, 15) is 0 Å². The lowest BCUT2D eigenvalue weighted by molar-refractivity contribution is 1.30. The van der Waals surface area contributed by atoms with Crippen molar-refractivity contribution in [3.8, 4) is 0 Å². The molecule has 0 unspecified atom stereocenters. The molecule has 0 N–H and O–H groups in total. The van der Waals surface area contributed by atoms with Crippen LogP contribution in [0, 0.1) is 0 Å². The minimum absolute atomic E-state index is 0.0148. The molecule has 0 spiro atoms. The van der Waals surface area contributed by atoms with Gasteiger partial charge in [-0.25, -0.2) is 0 Å². The van der Waals surface area contributed by atoms with Gasteiger partial charge in [0.15, 0.2) is 0 Å². The van der Waals surface area contributed by atoms with Crippen molar-refractivity contribution in [1.29, 1.82) is 0 Å². The van der Waals surface area contributed by atoms with E-state index in [1.54, 1.807) is 0 Å². The molecular formula is C14H16Si. The van der Waals surface area contributed by atoms with Crippen molar-refractivity contribution in [2.24, 2.45) is 0 Å². The highest BCUT2D eigenvalue weighted by atomic mass is 28.2. The van der Waals surface area contributed by atoms with Gasteiger partial charge in [0.25, 0.3) is 0 Å². The van der Waals surface area contributed by atoms with Crippen molar-refractivity contribution in [1.82, 2.24) is 0 Å². The maximum absolute atomic E-state index is 2.23. The summed E-state index contributed by atoms with van der Waals surface area (Å²) in [4.78, 5) is 0. The summed E-state index contributed by atoms with van der Waals surface area (Å²) in [5.74, 6) is 0. The number of hydrogen-bond donors (Lipinski definition) is 0. The largest absolute Gasteiger partial charge is 0.0622 e. The van der Waals surface area contributed by atoms with Crippen LogP contribution in [0.5, 0.6) is 0 Å². The highest BCUT2D eigenvalue weighted by Gasteiger charge is 1.94. The highest BCUT2D eigenvalue weighted by molar-refractivity contribution is 6.34. The molecule has 0 amide bonds. The molecule has 0 heterocycles. The Morgan fingerprint density at radius 1 is 0.600 bits per heavy atom. The van der Waals surface area contributed by atoms with Crippen molar-refractivity contribution >= 4 is 9.52 Å². The second-order valence-electron chi connectivity index (χ2n) is 3.82. The Hall–Kier alpha value is -1.34. The van der Waals surface area contributed by atoms with Crippen LogP contribution in [0.1, 0.15) is 11.1 Å². The number of benzene rings is 2. The zero-order valence-electron chi connectivity index (χ0n) is 8.89. The summed E-state index contributed by atoms with van der Waals surface area (Å²) in [5.41, 5.74) is 3.00. The summed E-state index contributed by atoms with van der Waals surface area (Å²) < 4.78 is 0. The molecule has 1 heteroatoms. The van der Waals surface area contributed by atoms with E-state index in [4.69, 9.17) is 0 Å². The van der Waals surface area contributed by atoms with Gasteiger partial charge >= 0.3 is 0 Å². The fourth-order valence-corrected chi connectivity index (χ4v) is 3.45. The van der Waals surface area contributed by atoms with Gasteiger partial charge in [-0.3, -0.25) is 0 Å². The maximum atomic E-state index is 2.23. The molecule has 0 nitrogen and oxygen atoms in total. The third-order valence-electron chi connectivity index (χ3n) is 2.62. The predicted octanol–water partition coefficient (Wildman–Crippen LogP) is 2.56. The van der Waals surface area contributed by atoms with Crippen LogP contribution in [-0.2, 0) is 12.1 Å². The van der Waals surface area contributed by atoms with Crippen LogP contribution < -0.4 is 0 Å². The monoisotopic (exact) mass is 212 g/mol. The van der Waals surface area contributed by atoms with Crippen LogP contribution in [0.4, 0.5) is 0 Å². The van der Waals surface area contributed by atoms with Crippen LogP contribution in [0.3, 0.4) is 0 Å². The van der Waals surface area contributed by atoms with Crippen molar-refractivity contribution in [2.45, 2.75) is 12.1 Å². The van der Waals surface area contributed by atoms with E-state index in [-0.39, 0.29) is 9.52 Å². The molecule has 0 saturated heterocycles. The van der Waals surface area contributed by atoms with E-state index in [1.807, 2.05) is 0 Å². The summed E-state index contributed by atoms with van der Waals surface area (Å²) in [5, 5.41) is 0. The third-order valence-corrected chi connectivity index (χ3v) is 4.48. The minimum atomic E-state index is 0.0148. The first-order chi connectivity index (χ1) is 7.45. The van der Waals surface area contributed by atoms with E-state index in [1.165, 1.54) is 23.2 Å². The van der Waals surface area contributed by atoms with Gasteiger partial charge in [0.1, 0.15) is 0 Å². The molecule has 0 aliphatic rings. The Morgan fingerprint density at radius 3 is 1.40 bits per heavy atom. The topological polar surface area (TPSA) is 0 Å². The first-order valence-corrected chi connectivity index (χ1v) is 7.53. The lowest BCUT2D eigenvalue weighted by atomic mass is 10.2. The van der Waals surface area contributed by atoms with Crippen LogP contribution in [0.2, 0.25) is 0 Å². The van der Waals surface area contributed by atoms with Gasteiger partial charge in [0.05, 0.1) is 0 Å². The van der Waals surface area contributed by atoms with Gasteiger partial charge in [0, 0.05) is 9.52 Å². The van der Waals surface area contributed by atoms with Crippen LogP contribution in [0.15, 0.2) is 60.7 Å². The molecule has 2 aromatic carbocycles. The number of rotatable bonds is 4. The van der Waals surface area contributed by atoms with Crippen molar-refractivity contribution < 1.29 is 0 Å². The maximum Gasteiger partial charge on any atom is 0.0296 e. The molecule has 0 atom stereocenters. The first-order valence-electron chi connectivity index (χ1n) is 5.53. The zero-order chi connectivity index (χ0) is 10.3. The first kappa shape index (κ1) is 10.2. The van der Waals surface area contributed by atoms with Gasteiger partial charge in [-0.1, -0.05) is 71.8 Å². The zero-order valence-corrected chi connectivity index (χ0v) is 10.3. The summed E-state index contributed by atoms with van der Waals surface area (Å²) in [7, 11) is 0.0148. The van der Waals surface area contributed by atoms with Crippen LogP contribution >= 0.6 is 0 Å². The predicted molar refractivity (Wildman–Crippen MR) is 68.8 cm³/mol. The van der Waals surface area contributed by atoms with Crippen molar-refractivity contribution in [2.75, 3.05) is 0 Å². The quantitative estimate of drug-likeness (QED) is 0.683. The standard InChI is InChI=1S/C14H16Si/c1-3-7-13(8-4-1)11-15-12-14-9-5-2-6-10-14/h1-10H,11-12,15H2. The Balaban J connectivity index is 1.81. The molecule has 0 aromatic heterocycles. The average molecular weight is 212 g/mol. The molecule has 2 aromatic rings. The summed E-state index contributed by atoms with van der Waals surface area (Å²) in [6.07, 6.45) is 0. The minimum Gasteiger partial charge on any atom is -0.0622 e. The van der Waals surface area contributed by atoms with Gasteiger partial charge < -0.3 is 0 Å². The van der Waals surface area contributed by atoms with Crippen molar-refractivity contribution in [3.05, 3.63) is 71.8 Å². The molecule has 76 valence electrons. The normalized spacial score (nSPS) is 10.1. The molecule has 2 rings (SSSR count). The van der Waals surface area contributed by atoms with Crippen LogP contribution in [-0.4, -0.2) is 9.52 Å². The average Bonchev–Trinajstić information content (AvgIpc) is 2.32. The van der Waals surface area contributed by atoms with Gasteiger partial charge in [-0.2, -0.15) is 0 Å². The SMILES string of the molecule is c1ccc(C[SiH2]Cc2ccccc2)cc1. The summed E-state index contributed by atoms with van der Waals surface area (Å²) >= 11 is 0. The van der Waals surface area contributed by atoms with E-state index in [2.05, 4.69) is 60.7 Å². The highest BCUT2D eigenvalue weighted by Crippen LogP contribution is 2.02. The molecule has 0 bridgehead atoms. The second-order valence-corrected chi connectivity index (χ2v) is 5.53. The van der Waals surface area contributed by atoms with E-state index >= 15 is 0 Å². The molecule has 0 aliphatic heterocycles. The van der Waals surface area contributed by atoms with Gasteiger partial charge in [-0.05, 0) is 12.1 Å². The molecule has 0 radical (unpaired) electrons. The van der Waals surface area contributed by atoms with Crippen molar-refractivity contribution in [3.63, 3.8) is 0 Å². The van der Waals surface area contributed by atoms with Crippen LogP contribution in [0.25, 0.3) is 0 Å². The smallest absolute Gasteiger partial charge is 0.0296 e. The Morgan fingerprint density at radius 2 is 1.00 bits per heavy atom. The van der Waals surface area contributed by atoms with Gasteiger partial charge in [-0.15, -0.1) is 0 Å². The molecule has 0 aliphatic carbocycles. The summed E-state index contributed by atoms with van der Waals surface area (Å²) in [6.45, 7) is 0. The fourth-order valence-electron chi connectivity index (χ4n) is 1.79. The lowest BCUT2D eigenvalue weighted by Gasteiger charge is -2.01. The Bertz CT molecular complexity index is 341. The second kappa shape index (κ2) is 5.52. The fraction of sp³-hybridized carbons (Fsp3) is 0.143. The molecule has 0 saturated carbocycles. The lowest BCUT2D eigenvalue weighted by Crippen LogP contribution is -2.01. The van der Waals surface area contributed by atoms with E-state index in [0.29, 0.717) is 0 Å². The Kier molecular flexibility index (Phi) is 3.75. The molecule has 15 heavy (non-hydrogen) atoms. The number of hydrogen-bond acceptors (Lipinski definition) is 0. The van der Waals surface area contributed by atoms with E-state index < -0.39 is 0 Å². The van der Waals surface area contributed by atoms with Gasteiger partial charge in [0.2, 0.25) is 0 Å². The third kappa shape index (κ3) is 3.37. The summed E-state index contributed by atoms with van der Waals surface area (Å²) in [6, 6.07) is 24.3. The molecule has 0 fully saturated rings.